The molecule has 2 rings (SSSR count). The molecule has 0 aliphatic carbocycles. The number of aliphatic carboxylic acids is 1. The van der Waals surface area contributed by atoms with E-state index in [0.29, 0.717) is 19.6 Å². The van der Waals surface area contributed by atoms with Crippen molar-refractivity contribution in [2.45, 2.75) is 19.3 Å². The van der Waals surface area contributed by atoms with E-state index in [-0.39, 0.29) is 5.92 Å². The lowest BCUT2D eigenvalue weighted by molar-refractivity contribution is -0.150. The Morgan fingerprint density at radius 1 is 1.47 bits per heavy atom. The molecule has 3 nitrogen and oxygen atoms in total. The normalized spacial score (nSPS) is 25.8. The van der Waals surface area contributed by atoms with Gasteiger partial charge in [0.05, 0.1) is 12.0 Å². The minimum absolute atomic E-state index is 0.0457. The summed E-state index contributed by atoms with van der Waals surface area (Å²) in [5.74, 6) is -0.805. The van der Waals surface area contributed by atoms with E-state index in [4.69, 9.17) is 4.74 Å². The summed E-state index contributed by atoms with van der Waals surface area (Å²) in [5.41, 5.74) is 0.273. The van der Waals surface area contributed by atoms with Crippen LogP contribution in [0.15, 0.2) is 28.7 Å². The average Bonchev–Trinajstić information content (AvgIpc) is 2.79. The average molecular weight is 299 g/mol. The number of carboxylic acids is 1. The van der Waals surface area contributed by atoms with Crippen LogP contribution in [0.4, 0.5) is 0 Å². The van der Waals surface area contributed by atoms with Gasteiger partial charge in [0.15, 0.2) is 0 Å². The van der Waals surface area contributed by atoms with E-state index in [1.807, 2.05) is 31.2 Å². The van der Waals surface area contributed by atoms with Gasteiger partial charge in [-0.15, -0.1) is 0 Å². The van der Waals surface area contributed by atoms with Crippen LogP contribution < -0.4 is 0 Å². The lowest BCUT2D eigenvalue weighted by atomic mass is 9.72. The highest BCUT2D eigenvalue weighted by molar-refractivity contribution is 9.10. The Labute approximate surface area is 109 Å². The Morgan fingerprint density at radius 2 is 2.12 bits per heavy atom. The number of hydrogen-bond donors (Lipinski definition) is 1. The van der Waals surface area contributed by atoms with Crippen LogP contribution in [0.3, 0.4) is 0 Å². The molecular weight excluding hydrogens is 284 g/mol. The fraction of sp³-hybridized carbons (Fsp3) is 0.462. The standard InChI is InChI=1S/C13H15BrO3/c1-9(10-2-4-11(14)5-3-10)13(12(15)16)6-7-17-8-13/h2-5,9H,6-8H2,1H3,(H,15,16). The summed E-state index contributed by atoms with van der Waals surface area (Å²) in [6, 6.07) is 7.82. The Morgan fingerprint density at radius 3 is 2.59 bits per heavy atom. The molecule has 0 bridgehead atoms. The fourth-order valence-corrected chi connectivity index (χ4v) is 2.61. The predicted molar refractivity (Wildman–Crippen MR) is 68.1 cm³/mol. The summed E-state index contributed by atoms with van der Waals surface area (Å²) in [5, 5.41) is 9.46. The van der Waals surface area contributed by atoms with Crippen molar-refractivity contribution >= 4 is 21.9 Å². The number of hydrogen-bond acceptors (Lipinski definition) is 2. The maximum Gasteiger partial charge on any atom is 0.312 e. The minimum Gasteiger partial charge on any atom is -0.481 e. The molecule has 1 N–H and O–H groups in total. The number of benzene rings is 1. The third-order valence-corrected chi connectivity index (χ3v) is 4.21. The summed E-state index contributed by atoms with van der Waals surface area (Å²) in [4.78, 5) is 11.5. The highest BCUT2D eigenvalue weighted by atomic mass is 79.9. The van der Waals surface area contributed by atoms with Crippen molar-refractivity contribution in [3.05, 3.63) is 34.3 Å². The van der Waals surface area contributed by atoms with Crippen molar-refractivity contribution in [3.8, 4) is 0 Å². The molecule has 1 aliphatic heterocycles. The molecule has 2 unspecified atom stereocenters. The first kappa shape index (κ1) is 12.6. The first-order valence-electron chi connectivity index (χ1n) is 5.63. The Balaban J connectivity index is 2.31. The van der Waals surface area contributed by atoms with Crippen LogP contribution >= 0.6 is 15.9 Å². The molecule has 0 aromatic heterocycles. The molecule has 1 aromatic carbocycles. The lowest BCUT2D eigenvalue weighted by Crippen LogP contribution is -2.36. The fourth-order valence-electron chi connectivity index (χ4n) is 2.35. The molecule has 0 saturated carbocycles. The molecule has 0 amide bonds. The van der Waals surface area contributed by atoms with Gasteiger partial charge < -0.3 is 9.84 Å². The molecule has 1 saturated heterocycles. The van der Waals surface area contributed by atoms with Gasteiger partial charge >= 0.3 is 5.97 Å². The molecule has 17 heavy (non-hydrogen) atoms. The zero-order valence-electron chi connectivity index (χ0n) is 9.65. The lowest BCUT2D eigenvalue weighted by Gasteiger charge is -2.29. The molecule has 2 atom stereocenters. The number of ether oxygens (including phenoxy) is 1. The summed E-state index contributed by atoms with van der Waals surface area (Å²) >= 11 is 3.38. The number of rotatable bonds is 3. The van der Waals surface area contributed by atoms with E-state index in [9.17, 15) is 9.90 Å². The molecule has 0 radical (unpaired) electrons. The van der Waals surface area contributed by atoms with E-state index >= 15 is 0 Å². The van der Waals surface area contributed by atoms with Crippen LogP contribution in [0.5, 0.6) is 0 Å². The van der Waals surface area contributed by atoms with E-state index in [0.717, 1.165) is 10.0 Å². The molecule has 1 aliphatic rings. The van der Waals surface area contributed by atoms with E-state index in [1.54, 1.807) is 0 Å². The van der Waals surface area contributed by atoms with Gasteiger partial charge in [0.25, 0.3) is 0 Å². The van der Waals surface area contributed by atoms with Crippen molar-refractivity contribution in [3.63, 3.8) is 0 Å². The first-order valence-corrected chi connectivity index (χ1v) is 6.42. The van der Waals surface area contributed by atoms with E-state index in [1.165, 1.54) is 0 Å². The van der Waals surface area contributed by atoms with Crippen LogP contribution in [-0.2, 0) is 9.53 Å². The second kappa shape index (κ2) is 4.78. The quantitative estimate of drug-likeness (QED) is 0.933. The van der Waals surface area contributed by atoms with Crippen LogP contribution in [0.1, 0.15) is 24.8 Å². The Bertz CT molecular complexity index is 407. The summed E-state index contributed by atoms with van der Waals surface area (Å²) in [6.45, 7) is 2.80. The van der Waals surface area contributed by atoms with Gasteiger partial charge in [0, 0.05) is 11.1 Å². The zero-order valence-corrected chi connectivity index (χ0v) is 11.2. The maximum atomic E-state index is 11.5. The van der Waals surface area contributed by atoms with Crippen molar-refractivity contribution < 1.29 is 14.6 Å². The van der Waals surface area contributed by atoms with Gasteiger partial charge in [-0.2, -0.15) is 0 Å². The van der Waals surface area contributed by atoms with E-state index in [2.05, 4.69) is 15.9 Å². The van der Waals surface area contributed by atoms with Gasteiger partial charge in [-0.05, 0) is 30.0 Å². The molecule has 92 valence electrons. The monoisotopic (exact) mass is 298 g/mol. The van der Waals surface area contributed by atoms with Crippen molar-refractivity contribution in [1.82, 2.24) is 0 Å². The van der Waals surface area contributed by atoms with E-state index < -0.39 is 11.4 Å². The minimum atomic E-state index is -0.770. The summed E-state index contributed by atoms with van der Waals surface area (Å²) < 4.78 is 6.30. The largest absolute Gasteiger partial charge is 0.481 e. The SMILES string of the molecule is CC(c1ccc(Br)cc1)C1(C(=O)O)CCOC1. The molecule has 1 fully saturated rings. The van der Waals surface area contributed by atoms with Gasteiger partial charge in [0.2, 0.25) is 0 Å². The maximum absolute atomic E-state index is 11.5. The second-order valence-electron chi connectivity index (χ2n) is 4.54. The molecule has 0 spiro atoms. The number of carboxylic acid groups (broad SMARTS) is 1. The van der Waals surface area contributed by atoms with Crippen molar-refractivity contribution in [2.24, 2.45) is 5.41 Å². The van der Waals surface area contributed by atoms with Gasteiger partial charge in [0.1, 0.15) is 0 Å². The van der Waals surface area contributed by atoms with Gasteiger partial charge in [-0.25, -0.2) is 0 Å². The third kappa shape index (κ3) is 2.24. The number of halogens is 1. The van der Waals surface area contributed by atoms with Crippen molar-refractivity contribution in [1.29, 1.82) is 0 Å². The third-order valence-electron chi connectivity index (χ3n) is 3.68. The predicted octanol–water partition coefficient (Wildman–Crippen LogP) is 3.04. The summed E-state index contributed by atoms with van der Waals surface area (Å²) in [7, 11) is 0. The van der Waals surface area contributed by atoms with Crippen LogP contribution in [-0.4, -0.2) is 24.3 Å². The van der Waals surface area contributed by atoms with Gasteiger partial charge in [-0.1, -0.05) is 35.0 Å². The Hall–Kier alpha value is -0.870. The second-order valence-corrected chi connectivity index (χ2v) is 5.45. The highest BCUT2D eigenvalue weighted by Gasteiger charge is 2.47. The number of carbonyl (C=O) groups is 1. The molecule has 1 heterocycles. The topological polar surface area (TPSA) is 46.5 Å². The zero-order chi connectivity index (χ0) is 12.5. The Kier molecular flexibility index (Phi) is 3.54. The van der Waals surface area contributed by atoms with Gasteiger partial charge in [-0.3, -0.25) is 4.79 Å². The highest BCUT2D eigenvalue weighted by Crippen LogP contribution is 2.42. The van der Waals surface area contributed by atoms with Crippen molar-refractivity contribution in [2.75, 3.05) is 13.2 Å². The van der Waals surface area contributed by atoms with Crippen LogP contribution in [0.2, 0.25) is 0 Å². The summed E-state index contributed by atoms with van der Waals surface area (Å²) in [6.07, 6.45) is 0.583. The smallest absolute Gasteiger partial charge is 0.312 e. The van der Waals surface area contributed by atoms with Crippen LogP contribution in [0, 0.1) is 5.41 Å². The molecular formula is C13H15BrO3. The molecule has 4 heteroatoms. The molecule has 1 aromatic rings. The first-order chi connectivity index (χ1) is 8.06. The van der Waals surface area contributed by atoms with Crippen LogP contribution in [0.25, 0.3) is 0 Å².